The van der Waals surface area contributed by atoms with E-state index in [0.29, 0.717) is 25.0 Å². The van der Waals surface area contributed by atoms with Gasteiger partial charge in [-0.05, 0) is 38.2 Å². The molecule has 3 aliphatic rings. The summed E-state index contributed by atoms with van der Waals surface area (Å²) in [4.78, 5) is 30.8. The molecule has 1 aromatic rings. The van der Waals surface area contributed by atoms with Gasteiger partial charge in [0.05, 0.1) is 12.0 Å². The summed E-state index contributed by atoms with van der Waals surface area (Å²) in [6, 6.07) is 11.0. The maximum atomic E-state index is 13.7. The molecule has 3 fully saturated rings. The maximum absolute atomic E-state index is 13.7. The first-order valence-corrected chi connectivity index (χ1v) is 11.8. The second kappa shape index (κ2) is 9.32. The van der Waals surface area contributed by atoms with Crippen LogP contribution in [0.4, 0.5) is 0 Å². The molecular weight excluding hydrogens is 360 g/mol. The Morgan fingerprint density at radius 3 is 2.03 bits per heavy atom. The van der Waals surface area contributed by atoms with Crippen molar-refractivity contribution in [1.82, 2.24) is 9.80 Å². The number of hydrogen-bond donors (Lipinski definition) is 0. The van der Waals surface area contributed by atoms with Crippen molar-refractivity contribution in [3.05, 3.63) is 35.9 Å². The summed E-state index contributed by atoms with van der Waals surface area (Å²) in [7, 11) is 0. The minimum atomic E-state index is -0.169. The van der Waals surface area contributed by atoms with E-state index in [1.54, 1.807) is 0 Å². The third-order valence-electron chi connectivity index (χ3n) is 7.45. The number of carbonyl (C=O) groups excluding carboxylic acids is 2. The van der Waals surface area contributed by atoms with Crippen LogP contribution in [0.1, 0.15) is 89.2 Å². The van der Waals surface area contributed by atoms with E-state index < -0.39 is 0 Å². The van der Waals surface area contributed by atoms with Gasteiger partial charge in [-0.15, -0.1) is 0 Å². The highest BCUT2D eigenvalue weighted by Gasteiger charge is 2.42. The highest BCUT2D eigenvalue weighted by molar-refractivity contribution is 5.89. The number of rotatable bonds is 5. The number of carbonyl (C=O) groups is 2. The number of amides is 2. The van der Waals surface area contributed by atoms with Gasteiger partial charge in [-0.25, -0.2) is 0 Å². The van der Waals surface area contributed by atoms with Gasteiger partial charge in [0.1, 0.15) is 0 Å². The Morgan fingerprint density at radius 1 is 0.931 bits per heavy atom. The molecule has 0 spiro atoms. The van der Waals surface area contributed by atoms with Crippen molar-refractivity contribution in [3.8, 4) is 0 Å². The summed E-state index contributed by atoms with van der Waals surface area (Å²) in [5.74, 6) is 0.226. The fourth-order valence-corrected chi connectivity index (χ4v) is 5.77. The topological polar surface area (TPSA) is 40.6 Å². The third kappa shape index (κ3) is 4.51. The molecule has 2 unspecified atom stereocenters. The number of nitrogens with zero attached hydrogens (tertiary/aromatic N) is 2. The SMILES string of the molecule is CC(c1ccccc1)N1CC(C(=O)N(C2CCCCC2)C2CCCCC2)CC1=O. The van der Waals surface area contributed by atoms with E-state index in [4.69, 9.17) is 0 Å². The fraction of sp³-hybridized carbons (Fsp3) is 0.680. The molecule has 0 radical (unpaired) electrons. The van der Waals surface area contributed by atoms with Gasteiger partial charge < -0.3 is 9.80 Å². The van der Waals surface area contributed by atoms with Crippen LogP contribution in [0, 0.1) is 5.92 Å². The second-order valence-electron chi connectivity index (χ2n) is 9.36. The number of likely N-dealkylation sites (tertiary alicyclic amines) is 1. The van der Waals surface area contributed by atoms with E-state index in [-0.39, 0.29) is 23.8 Å². The molecule has 1 aromatic carbocycles. The van der Waals surface area contributed by atoms with Gasteiger partial charge in [0.25, 0.3) is 0 Å². The Labute approximate surface area is 175 Å². The standard InChI is InChI=1S/C25H36N2O2/c1-19(20-11-5-2-6-12-20)26-18-21(17-24(26)28)25(29)27(22-13-7-3-8-14-22)23-15-9-4-10-16-23/h2,5-6,11-12,19,21-23H,3-4,7-10,13-18H2,1H3. The largest absolute Gasteiger partial charge is 0.336 e. The minimum Gasteiger partial charge on any atom is -0.336 e. The lowest BCUT2D eigenvalue weighted by molar-refractivity contribution is -0.142. The number of hydrogen-bond acceptors (Lipinski definition) is 2. The lowest BCUT2D eigenvalue weighted by Gasteiger charge is -2.43. The summed E-state index contributed by atoms with van der Waals surface area (Å²) >= 11 is 0. The molecule has 29 heavy (non-hydrogen) atoms. The van der Waals surface area contributed by atoms with E-state index in [9.17, 15) is 9.59 Å². The third-order valence-corrected chi connectivity index (χ3v) is 7.45. The van der Waals surface area contributed by atoms with Crippen LogP contribution < -0.4 is 0 Å². The van der Waals surface area contributed by atoms with Gasteiger partial charge in [-0.2, -0.15) is 0 Å². The molecule has 2 aliphatic carbocycles. The Hall–Kier alpha value is -1.84. The monoisotopic (exact) mass is 396 g/mol. The van der Waals surface area contributed by atoms with Crippen molar-refractivity contribution in [2.24, 2.45) is 5.92 Å². The maximum Gasteiger partial charge on any atom is 0.228 e. The Bertz CT molecular complexity index is 674. The second-order valence-corrected chi connectivity index (χ2v) is 9.36. The summed E-state index contributed by atoms with van der Waals surface area (Å²) in [6.07, 6.45) is 12.5. The molecule has 0 aromatic heterocycles. The highest BCUT2D eigenvalue weighted by atomic mass is 16.2. The molecule has 2 atom stereocenters. The zero-order valence-corrected chi connectivity index (χ0v) is 17.9. The minimum absolute atomic E-state index is 0.0271. The predicted molar refractivity (Wildman–Crippen MR) is 115 cm³/mol. The quantitative estimate of drug-likeness (QED) is 0.695. The molecule has 158 valence electrons. The van der Waals surface area contributed by atoms with Crippen LogP contribution in [-0.2, 0) is 9.59 Å². The van der Waals surface area contributed by atoms with Gasteiger partial charge in [-0.1, -0.05) is 68.9 Å². The van der Waals surface area contributed by atoms with Gasteiger partial charge in [-0.3, -0.25) is 9.59 Å². The van der Waals surface area contributed by atoms with E-state index >= 15 is 0 Å². The smallest absolute Gasteiger partial charge is 0.228 e. The fourth-order valence-electron chi connectivity index (χ4n) is 5.77. The average molecular weight is 397 g/mol. The van der Waals surface area contributed by atoms with Crippen LogP contribution in [-0.4, -0.2) is 40.2 Å². The van der Waals surface area contributed by atoms with Crippen LogP contribution in [0.15, 0.2) is 30.3 Å². The summed E-state index contributed by atoms with van der Waals surface area (Å²) in [6.45, 7) is 2.66. The number of benzene rings is 1. The molecule has 4 nitrogen and oxygen atoms in total. The van der Waals surface area contributed by atoms with Gasteiger partial charge in [0, 0.05) is 25.0 Å². The van der Waals surface area contributed by atoms with Crippen LogP contribution in [0.25, 0.3) is 0 Å². The molecule has 0 bridgehead atoms. The Balaban J connectivity index is 1.49. The summed E-state index contributed by atoms with van der Waals surface area (Å²) in [5.41, 5.74) is 1.14. The van der Waals surface area contributed by atoms with E-state index in [2.05, 4.69) is 24.0 Å². The summed E-state index contributed by atoms with van der Waals surface area (Å²) in [5, 5.41) is 0. The molecular formula is C25H36N2O2. The van der Waals surface area contributed by atoms with Crippen molar-refractivity contribution in [2.75, 3.05) is 6.54 Å². The first-order chi connectivity index (χ1) is 14.1. The molecule has 1 saturated heterocycles. The van der Waals surface area contributed by atoms with E-state index in [0.717, 1.165) is 31.2 Å². The van der Waals surface area contributed by atoms with Crippen molar-refractivity contribution in [1.29, 1.82) is 0 Å². The summed E-state index contributed by atoms with van der Waals surface area (Å²) < 4.78 is 0. The van der Waals surface area contributed by atoms with Crippen molar-refractivity contribution >= 4 is 11.8 Å². The zero-order valence-electron chi connectivity index (χ0n) is 17.9. The van der Waals surface area contributed by atoms with Gasteiger partial charge >= 0.3 is 0 Å². The molecule has 1 heterocycles. The van der Waals surface area contributed by atoms with Crippen molar-refractivity contribution in [3.63, 3.8) is 0 Å². The molecule has 2 amide bonds. The lowest BCUT2D eigenvalue weighted by Crippen LogP contribution is -2.51. The van der Waals surface area contributed by atoms with Crippen LogP contribution in [0.3, 0.4) is 0 Å². The van der Waals surface area contributed by atoms with E-state index in [1.807, 2.05) is 23.1 Å². The molecule has 4 rings (SSSR count). The molecule has 2 saturated carbocycles. The highest BCUT2D eigenvalue weighted by Crippen LogP contribution is 2.35. The zero-order chi connectivity index (χ0) is 20.2. The van der Waals surface area contributed by atoms with Gasteiger partial charge in [0.2, 0.25) is 11.8 Å². The van der Waals surface area contributed by atoms with Crippen LogP contribution in [0.2, 0.25) is 0 Å². The Kier molecular flexibility index (Phi) is 6.56. The predicted octanol–water partition coefficient (Wildman–Crippen LogP) is 5.09. The first kappa shape index (κ1) is 20.4. The first-order valence-electron chi connectivity index (χ1n) is 11.8. The van der Waals surface area contributed by atoms with Gasteiger partial charge in [0.15, 0.2) is 0 Å². The molecule has 4 heteroatoms. The van der Waals surface area contributed by atoms with Crippen LogP contribution >= 0.6 is 0 Å². The average Bonchev–Trinajstić information content (AvgIpc) is 3.17. The normalized spacial score (nSPS) is 25.2. The van der Waals surface area contributed by atoms with E-state index in [1.165, 1.54) is 38.5 Å². The van der Waals surface area contributed by atoms with Crippen molar-refractivity contribution < 1.29 is 9.59 Å². The van der Waals surface area contributed by atoms with Crippen LogP contribution in [0.5, 0.6) is 0 Å². The van der Waals surface area contributed by atoms with Crippen molar-refractivity contribution in [2.45, 2.75) is 95.7 Å². The molecule has 1 aliphatic heterocycles. The lowest BCUT2D eigenvalue weighted by atomic mass is 9.87. The molecule has 0 N–H and O–H groups in total. The Morgan fingerprint density at radius 2 is 1.48 bits per heavy atom.